The average Bonchev–Trinajstić information content (AvgIpc) is 3.51. The number of carbonyl (C=O) groups excluding carboxylic acids is 2. The summed E-state index contributed by atoms with van der Waals surface area (Å²) in [5.74, 6) is 1.54. The Balaban J connectivity index is 1.44. The van der Waals surface area contributed by atoms with Crippen LogP contribution in [0.4, 0.5) is 4.79 Å². The van der Waals surface area contributed by atoms with Gasteiger partial charge in [-0.15, -0.1) is 0 Å². The van der Waals surface area contributed by atoms with Gasteiger partial charge in [0.25, 0.3) is 0 Å². The monoisotopic (exact) mass is 441 g/mol. The molecule has 6 rings (SSSR count). The third-order valence-corrected chi connectivity index (χ3v) is 8.52. The Morgan fingerprint density at radius 1 is 1.38 bits per heavy atom. The number of likely N-dealkylation sites (N-methyl/N-ethyl adjacent to an activating group) is 1. The van der Waals surface area contributed by atoms with Gasteiger partial charge in [0.15, 0.2) is 23.4 Å². The van der Waals surface area contributed by atoms with Crippen molar-refractivity contribution >= 4 is 11.9 Å². The fourth-order valence-electron chi connectivity index (χ4n) is 6.79. The Bertz CT molecular complexity index is 994. The number of aliphatic hydroxyl groups is 1. The first kappa shape index (κ1) is 20.4. The molecule has 4 atom stereocenters. The zero-order chi connectivity index (χ0) is 22.3. The summed E-state index contributed by atoms with van der Waals surface area (Å²) in [5.41, 5.74) is 5.77. The van der Waals surface area contributed by atoms with E-state index >= 15 is 0 Å². The van der Waals surface area contributed by atoms with Gasteiger partial charge < -0.3 is 25.2 Å². The molecule has 8 heteroatoms. The molecule has 0 aromatic heterocycles. The molecule has 5 aliphatic rings. The van der Waals surface area contributed by atoms with Gasteiger partial charge >= 0.3 is 6.09 Å². The highest BCUT2D eigenvalue weighted by Gasteiger charge is 2.73. The average molecular weight is 442 g/mol. The van der Waals surface area contributed by atoms with E-state index in [1.807, 2.05) is 6.07 Å². The Morgan fingerprint density at radius 3 is 2.94 bits per heavy atom. The maximum absolute atomic E-state index is 13.1. The van der Waals surface area contributed by atoms with Crippen LogP contribution >= 0.6 is 0 Å². The zero-order valence-corrected chi connectivity index (χ0v) is 18.5. The molecule has 3 N–H and O–H groups in total. The van der Waals surface area contributed by atoms with E-state index in [9.17, 15) is 14.7 Å². The minimum absolute atomic E-state index is 0.0152. The van der Waals surface area contributed by atoms with Gasteiger partial charge in [-0.3, -0.25) is 9.69 Å². The number of likely N-dealkylation sites (tertiary alicyclic amines) is 1. The van der Waals surface area contributed by atoms with Gasteiger partial charge in [0.05, 0.1) is 11.0 Å². The molecule has 3 aliphatic carbocycles. The Hall–Kier alpha value is -2.16. The van der Waals surface area contributed by atoms with E-state index in [0.29, 0.717) is 43.9 Å². The lowest BCUT2D eigenvalue weighted by molar-refractivity contribution is -0.188. The van der Waals surface area contributed by atoms with Crippen molar-refractivity contribution in [3.8, 4) is 11.5 Å². The van der Waals surface area contributed by atoms with Crippen LogP contribution in [-0.2, 0) is 16.6 Å². The van der Waals surface area contributed by atoms with Crippen LogP contribution in [0.5, 0.6) is 11.5 Å². The lowest BCUT2D eigenvalue weighted by Gasteiger charge is -2.62. The number of hydrogen-bond acceptors (Lipinski definition) is 7. The molecule has 1 amide bonds. The van der Waals surface area contributed by atoms with Gasteiger partial charge in [0.2, 0.25) is 0 Å². The summed E-state index contributed by atoms with van der Waals surface area (Å²) in [6.07, 6.45) is 3.47. The molecular weight excluding hydrogens is 410 g/mol. The van der Waals surface area contributed by atoms with Crippen LogP contribution in [0.1, 0.15) is 43.2 Å². The third kappa shape index (κ3) is 2.60. The number of hydrogen-bond donors (Lipinski definition) is 2. The lowest BCUT2D eigenvalue weighted by Crippen LogP contribution is -2.76. The number of carbonyl (C=O) groups is 2. The summed E-state index contributed by atoms with van der Waals surface area (Å²) >= 11 is 0. The van der Waals surface area contributed by atoms with E-state index in [-0.39, 0.29) is 11.8 Å². The largest absolute Gasteiger partial charge is 0.477 e. The zero-order valence-electron chi connectivity index (χ0n) is 18.5. The minimum atomic E-state index is -1.02. The van der Waals surface area contributed by atoms with Crippen LogP contribution < -0.4 is 15.2 Å². The smallest absolute Gasteiger partial charge is 0.415 e. The lowest BCUT2D eigenvalue weighted by atomic mass is 9.49. The van der Waals surface area contributed by atoms with Crippen LogP contribution in [0.2, 0.25) is 0 Å². The van der Waals surface area contributed by atoms with Crippen molar-refractivity contribution < 1.29 is 24.2 Å². The number of piperidine rings is 1. The van der Waals surface area contributed by atoms with Crippen molar-refractivity contribution in [2.45, 2.75) is 61.7 Å². The second kappa shape index (κ2) is 6.92. The molecule has 1 spiro atoms. The molecule has 8 nitrogen and oxygen atoms in total. The number of nitrogens with zero attached hydrogens (tertiary/aromatic N) is 2. The molecule has 1 saturated heterocycles. The van der Waals surface area contributed by atoms with Gasteiger partial charge in [-0.25, -0.2) is 4.79 Å². The van der Waals surface area contributed by atoms with E-state index in [2.05, 4.69) is 4.90 Å². The number of nitrogens with two attached hydrogens (primary N) is 1. The molecule has 2 bridgehead atoms. The third-order valence-electron chi connectivity index (χ3n) is 8.52. The number of benzene rings is 1. The summed E-state index contributed by atoms with van der Waals surface area (Å²) in [6, 6.07) is 3.75. The Morgan fingerprint density at radius 2 is 2.19 bits per heavy atom. The second-order valence-electron chi connectivity index (χ2n) is 10.3. The Labute approximate surface area is 187 Å². The van der Waals surface area contributed by atoms with Gasteiger partial charge in [0.1, 0.15) is 0 Å². The molecule has 172 valence electrons. The van der Waals surface area contributed by atoms with Crippen LogP contribution in [0.25, 0.3) is 0 Å². The maximum atomic E-state index is 13.1. The van der Waals surface area contributed by atoms with Crippen molar-refractivity contribution in [3.05, 3.63) is 23.3 Å². The van der Waals surface area contributed by atoms with Crippen LogP contribution in [0, 0.1) is 5.92 Å². The molecule has 1 aromatic carbocycles. The van der Waals surface area contributed by atoms with Crippen LogP contribution in [-0.4, -0.2) is 77.8 Å². The van der Waals surface area contributed by atoms with E-state index in [1.54, 1.807) is 13.1 Å². The quantitative estimate of drug-likeness (QED) is 0.708. The van der Waals surface area contributed by atoms with Gasteiger partial charge in [-0.2, -0.15) is 0 Å². The van der Waals surface area contributed by atoms with Crippen molar-refractivity contribution in [3.63, 3.8) is 0 Å². The SMILES string of the molecule is CN(CCN)C(=O)Oc1ccc2c3c1O[C@H]1C(=O)CC[C@@]4(O)[C@@H](C2)N(CC2CC2)CC[C@]314. The van der Waals surface area contributed by atoms with Gasteiger partial charge in [-0.05, 0) is 56.2 Å². The molecular formula is C24H31N3O5. The second-order valence-corrected chi connectivity index (χ2v) is 10.3. The van der Waals surface area contributed by atoms with Gasteiger partial charge in [-0.1, -0.05) is 6.07 Å². The van der Waals surface area contributed by atoms with Crippen molar-refractivity contribution in [2.24, 2.45) is 11.7 Å². The molecule has 32 heavy (non-hydrogen) atoms. The fourth-order valence-corrected chi connectivity index (χ4v) is 6.79. The number of ether oxygens (including phenoxy) is 2. The summed E-state index contributed by atoms with van der Waals surface area (Å²) in [7, 11) is 1.63. The summed E-state index contributed by atoms with van der Waals surface area (Å²) in [6.45, 7) is 2.58. The predicted molar refractivity (Wildman–Crippen MR) is 116 cm³/mol. The summed E-state index contributed by atoms with van der Waals surface area (Å²) in [5, 5.41) is 12.3. The molecule has 0 unspecified atom stereocenters. The van der Waals surface area contributed by atoms with E-state index in [1.165, 1.54) is 17.7 Å². The van der Waals surface area contributed by atoms with Crippen LogP contribution in [0.3, 0.4) is 0 Å². The first-order valence-electron chi connectivity index (χ1n) is 11.8. The highest BCUT2D eigenvalue weighted by molar-refractivity contribution is 5.90. The molecule has 2 aliphatic heterocycles. The highest BCUT2D eigenvalue weighted by atomic mass is 16.6. The number of rotatable bonds is 5. The maximum Gasteiger partial charge on any atom is 0.415 e. The summed E-state index contributed by atoms with van der Waals surface area (Å²) in [4.78, 5) is 29.5. The number of Topliss-reactive ketones (excluding diaryl/α,β-unsaturated/α-hetero) is 1. The molecule has 3 fully saturated rings. The van der Waals surface area contributed by atoms with Crippen molar-refractivity contribution in [2.75, 3.05) is 33.2 Å². The first-order valence-corrected chi connectivity index (χ1v) is 11.8. The highest BCUT2D eigenvalue weighted by Crippen LogP contribution is 2.65. The van der Waals surface area contributed by atoms with Crippen molar-refractivity contribution in [1.29, 1.82) is 0 Å². The molecule has 2 saturated carbocycles. The minimum Gasteiger partial charge on any atom is -0.477 e. The normalized spacial score (nSPS) is 34.7. The standard InChI is InChI=1S/C24H31N3O5/c1-26(11-9-25)22(29)31-17-5-4-15-12-18-24(30)7-6-16(28)21-23(24,19(15)20(17)32-21)8-10-27(18)13-14-2-3-14/h4-5,14,18,21,30H,2-3,6-13,25H2,1H3/t18-,21+,23+,24-/m1/s1. The van der Waals surface area contributed by atoms with E-state index in [4.69, 9.17) is 15.2 Å². The summed E-state index contributed by atoms with van der Waals surface area (Å²) < 4.78 is 12.0. The van der Waals surface area contributed by atoms with Gasteiger partial charge in [0, 0.05) is 44.7 Å². The number of amides is 1. The fraction of sp³-hybridized carbons (Fsp3) is 0.667. The number of ketones is 1. The van der Waals surface area contributed by atoms with E-state index < -0.39 is 23.2 Å². The predicted octanol–water partition coefficient (Wildman–Crippen LogP) is 1.21. The first-order chi connectivity index (χ1) is 15.4. The molecule has 0 radical (unpaired) electrons. The van der Waals surface area contributed by atoms with E-state index in [0.717, 1.165) is 36.6 Å². The Kier molecular flexibility index (Phi) is 4.42. The van der Waals surface area contributed by atoms with Crippen LogP contribution in [0.15, 0.2) is 12.1 Å². The molecule has 2 heterocycles. The molecule has 1 aromatic rings. The van der Waals surface area contributed by atoms with Crippen molar-refractivity contribution in [1.82, 2.24) is 9.80 Å². The topological polar surface area (TPSA) is 105 Å².